The smallest absolute Gasteiger partial charge is 0.350 e. The third-order valence-corrected chi connectivity index (χ3v) is 3.87. The number of fused-ring (bicyclic) bond motifs is 1. The quantitative estimate of drug-likeness (QED) is 0.545. The highest BCUT2D eigenvalue weighted by atomic mass is 19.4. The van der Waals surface area contributed by atoms with Gasteiger partial charge in [0.25, 0.3) is 5.69 Å². The Hall–Kier alpha value is -3.43. The lowest BCUT2D eigenvalue weighted by atomic mass is 10.1. The van der Waals surface area contributed by atoms with Gasteiger partial charge in [-0.3, -0.25) is 14.9 Å². The van der Waals surface area contributed by atoms with Crippen molar-refractivity contribution in [2.24, 2.45) is 0 Å². The first kappa shape index (κ1) is 18.4. The van der Waals surface area contributed by atoms with E-state index in [4.69, 9.17) is 0 Å². The van der Waals surface area contributed by atoms with Crippen molar-refractivity contribution in [3.8, 4) is 0 Å². The average molecular weight is 378 g/mol. The fraction of sp³-hybridized carbons (Fsp3) is 0.176. The van der Waals surface area contributed by atoms with Crippen molar-refractivity contribution in [1.29, 1.82) is 0 Å². The lowest BCUT2D eigenvalue weighted by Crippen LogP contribution is -2.27. The molecule has 1 amide bonds. The van der Waals surface area contributed by atoms with Crippen molar-refractivity contribution in [1.82, 2.24) is 14.9 Å². The summed E-state index contributed by atoms with van der Waals surface area (Å²) in [4.78, 5) is 26.7. The summed E-state index contributed by atoms with van der Waals surface area (Å²) in [5.74, 6) is -0.509. The third kappa shape index (κ3) is 4.05. The van der Waals surface area contributed by atoms with Gasteiger partial charge in [-0.25, -0.2) is 4.98 Å². The van der Waals surface area contributed by atoms with Crippen molar-refractivity contribution in [2.75, 3.05) is 0 Å². The molecular formula is C17H13F3N4O3. The number of halogens is 3. The number of nitro groups is 1. The molecule has 0 aliphatic heterocycles. The number of rotatable bonds is 5. The number of carbonyl (C=O) groups is 1. The zero-order chi connectivity index (χ0) is 19.6. The number of nitrogens with zero attached hydrogens (tertiary/aromatic N) is 3. The van der Waals surface area contributed by atoms with Crippen molar-refractivity contribution in [3.63, 3.8) is 0 Å². The number of nitrogens with one attached hydrogen (secondary N) is 1. The molecule has 0 bridgehead atoms. The molecular weight excluding hydrogens is 365 g/mol. The minimum Gasteiger partial charge on any atom is -0.350 e. The summed E-state index contributed by atoms with van der Waals surface area (Å²) in [5, 5.41) is 13.7. The van der Waals surface area contributed by atoms with E-state index in [9.17, 15) is 28.1 Å². The summed E-state index contributed by atoms with van der Waals surface area (Å²) in [6.45, 7) is -0.349. The Bertz CT molecular complexity index is 1010. The molecule has 0 fully saturated rings. The molecule has 1 N–H and O–H groups in total. The van der Waals surface area contributed by atoms with Gasteiger partial charge in [-0.05, 0) is 23.8 Å². The molecule has 3 aromatic rings. The Morgan fingerprint density at radius 3 is 2.67 bits per heavy atom. The van der Waals surface area contributed by atoms with Crippen molar-refractivity contribution in [2.45, 2.75) is 19.3 Å². The summed E-state index contributed by atoms with van der Waals surface area (Å²) in [5.41, 5.74) is -0.118. The van der Waals surface area contributed by atoms with E-state index in [0.717, 1.165) is 12.1 Å². The van der Waals surface area contributed by atoms with Crippen LogP contribution in [-0.4, -0.2) is 20.4 Å². The number of non-ortho nitro benzene ring substituents is 1. The molecule has 27 heavy (non-hydrogen) atoms. The molecule has 0 atom stereocenters. The van der Waals surface area contributed by atoms with Crippen LogP contribution in [0.2, 0.25) is 0 Å². The van der Waals surface area contributed by atoms with Gasteiger partial charge in [0.1, 0.15) is 12.1 Å². The summed E-state index contributed by atoms with van der Waals surface area (Å²) in [6.07, 6.45) is -3.16. The Morgan fingerprint density at radius 2 is 1.96 bits per heavy atom. The summed E-state index contributed by atoms with van der Waals surface area (Å²) >= 11 is 0. The van der Waals surface area contributed by atoms with Crippen LogP contribution >= 0.6 is 0 Å². The number of nitro benzene ring substituents is 1. The maximum atomic E-state index is 12.7. The van der Waals surface area contributed by atoms with Crippen LogP contribution in [0.4, 0.5) is 18.9 Å². The van der Waals surface area contributed by atoms with E-state index in [1.165, 1.54) is 35.2 Å². The number of para-hydroxylation sites is 1. The largest absolute Gasteiger partial charge is 0.416 e. The molecule has 1 aromatic heterocycles. The number of amides is 1. The molecule has 0 saturated carbocycles. The normalized spacial score (nSPS) is 11.5. The first-order valence-corrected chi connectivity index (χ1v) is 7.77. The van der Waals surface area contributed by atoms with Gasteiger partial charge in [-0.1, -0.05) is 18.2 Å². The molecule has 7 nitrogen and oxygen atoms in total. The van der Waals surface area contributed by atoms with Gasteiger partial charge in [-0.2, -0.15) is 13.2 Å². The molecule has 140 valence electrons. The van der Waals surface area contributed by atoms with E-state index in [1.54, 1.807) is 6.07 Å². The van der Waals surface area contributed by atoms with Crippen LogP contribution in [0.3, 0.4) is 0 Å². The lowest BCUT2D eigenvalue weighted by molar-refractivity contribution is -0.383. The SMILES string of the molecule is O=C(Cn1cnc2cccc([N+](=O)[O-])c21)NCc1cccc(C(F)(F)F)c1. The van der Waals surface area contributed by atoms with Gasteiger partial charge in [0.2, 0.25) is 5.91 Å². The molecule has 0 radical (unpaired) electrons. The zero-order valence-electron chi connectivity index (χ0n) is 13.7. The van der Waals surface area contributed by atoms with Crippen LogP contribution in [0.1, 0.15) is 11.1 Å². The monoisotopic (exact) mass is 378 g/mol. The molecule has 10 heteroatoms. The number of alkyl halides is 3. The predicted octanol–water partition coefficient (Wildman–Crippen LogP) is 3.28. The fourth-order valence-corrected chi connectivity index (χ4v) is 2.64. The fourth-order valence-electron chi connectivity index (χ4n) is 2.64. The number of aromatic nitrogens is 2. The molecule has 0 aliphatic rings. The first-order valence-electron chi connectivity index (χ1n) is 7.77. The number of imidazole rings is 1. The van der Waals surface area contributed by atoms with Gasteiger partial charge < -0.3 is 9.88 Å². The Labute approximate surface area is 150 Å². The molecule has 1 heterocycles. The van der Waals surface area contributed by atoms with Gasteiger partial charge in [0.15, 0.2) is 0 Å². The minimum atomic E-state index is -4.46. The minimum absolute atomic E-state index is 0.0997. The molecule has 0 saturated heterocycles. The highest BCUT2D eigenvalue weighted by Crippen LogP contribution is 2.29. The van der Waals surface area contributed by atoms with E-state index in [0.29, 0.717) is 11.1 Å². The van der Waals surface area contributed by atoms with Crippen LogP contribution in [0.5, 0.6) is 0 Å². The highest BCUT2D eigenvalue weighted by molar-refractivity contribution is 5.86. The van der Waals surface area contributed by atoms with Gasteiger partial charge in [0.05, 0.1) is 22.3 Å². The number of hydrogen-bond acceptors (Lipinski definition) is 4. The second-order valence-corrected chi connectivity index (χ2v) is 5.75. The van der Waals surface area contributed by atoms with Crippen LogP contribution in [0.15, 0.2) is 48.8 Å². The van der Waals surface area contributed by atoms with Crippen molar-refractivity contribution < 1.29 is 22.9 Å². The van der Waals surface area contributed by atoms with E-state index < -0.39 is 22.6 Å². The summed E-state index contributed by atoms with van der Waals surface area (Å²) in [6, 6.07) is 9.01. The number of hydrogen-bond donors (Lipinski definition) is 1. The maximum absolute atomic E-state index is 12.7. The van der Waals surface area contributed by atoms with Crippen LogP contribution in [0, 0.1) is 10.1 Å². The topological polar surface area (TPSA) is 90.1 Å². The lowest BCUT2D eigenvalue weighted by Gasteiger charge is -2.10. The zero-order valence-corrected chi connectivity index (χ0v) is 13.7. The Morgan fingerprint density at radius 1 is 1.22 bits per heavy atom. The third-order valence-electron chi connectivity index (χ3n) is 3.87. The average Bonchev–Trinajstić information content (AvgIpc) is 3.02. The van der Waals surface area contributed by atoms with E-state index in [1.807, 2.05) is 0 Å². The molecule has 3 rings (SSSR count). The van der Waals surface area contributed by atoms with Crippen molar-refractivity contribution in [3.05, 3.63) is 70.0 Å². The van der Waals surface area contributed by atoms with Gasteiger partial charge >= 0.3 is 6.18 Å². The first-order chi connectivity index (χ1) is 12.8. The van der Waals surface area contributed by atoms with Gasteiger partial charge in [-0.15, -0.1) is 0 Å². The van der Waals surface area contributed by atoms with Gasteiger partial charge in [0, 0.05) is 12.6 Å². The van der Waals surface area contributed by atoms with Crippen molar-refractivity contribution >= 4 is 22.6 Å². The Kier molecular flexibility index (Phi) is 4.80. The number of benzene rings is 2. The predicted molar refractivity (Wildman–Crippen MR) is 89.7 cm³/mol. The van der Waals surface area contributed by atoms with Crippen LogP contribution < -0.4 is 5.32 Å². The Balaban J connectivity index is 1.72. The van der Waals surface area contributed by atoms with Crippen LogP contribution in [-0.2, 0) is 24.1 Å². The highest BCUT2D eigenvalue weighted by Gasteiger charge is 2.30. The van der Waals surface area contributed by atoms with E-state index >= 15 is 0 Å². The molecule has 0 unspecified atom stereocenters. The summed E-state index contributed by atoms with van der Waals surface area (Å²) < 4.78 is 39.5. The molecule has 2 aromatic carbocycles. The summed E-state index contributed by atoms with van der Waals surface area (Å²) in [7, 11) is 0. The maximum Gasteiger partial charge on any atom is 0.416 e. The van der Waals surface area contributed by atoms with E-state index in [-0.39, 0.29) is 24.3 Å². The van der Waals surface area contributed by atoms with Crippen LogP contribution in [0.25, 0.3) is 11.0 Å². The molecule has 0 spiro atoms. The second kappa shape index (κ2) is 7.06. The molecule has 0 aliphatic carbocycles. The second-order valence-electron chi connectivity index (χ2n) is 5.75. The standard InChI is InChI=1S/C17H13F3N4O3/c18-17(19,20)12-4-1-3-11(7-12)8-21-15(25)9-23-10-22-13-5-2-6-14(16(13)23)24(26)27/h1-7,10H,8-9H2,(H,21,25). The number of carbonyl (C=O) groups excluding carboxylic acids is 1. The van der Waals surface area contributed by atoms with E-state index in [2.05, 4.69) is 10.3 Å².